The molecule has 3 aliphatic rings. The van der Waals surface area contributed by atoms with Crippen LogP contribution in [0.25, 0.3) is 54.9 Å². The second kappa shape index (κ2) is 10.7. The number of amides is 1. The highest BCUT2D eigenvalue weighted by Gasteiger charge is 2.40. The van der Waals surface area contributed by atoms with E-state index in [9.17, 15) is 9.59 Å². The van der Waals surface area contributed by atoms with Crippen LogP contribution in [0, 0.1) is 11.8 Å². The Bertz CT molecular complexity index is 2260. The summed E-state index contributed by atoms with van der Waals surface area (Å²) in [4.78, 5) is 38.8. The average molecular weight is 646 g/mol. The van der Waals surface area contributed by atoms with Gasteiger partial charge < -0.3 is 23.5 Å². The number of hydrogen-bond acceptors (Lipinski definition) is 7. The van der Waals surface area contributed by atoms with Crippen molar-refractivity contribution in [2.45, 2.75) is 44.7 Å². The zero-order valence-electron chi connectivity index (χ0n) is 26.7. The summed E-state index contributed by atoms with van der Waals surface area (Å²) in [5.74, 6) is 2.47. The van der Waals surface area contributed by atoms with Crippen molar-refractivity contribution in [1.29, 1.82) is 0 Å². The molecule has 10 heteroatoms. The number of carbonyl (C=O) groups excluding carboxylic acids is 2. The minimum atomic E-state index is -0.321. The van der Waals surface area contributed by atoms with Gasteiger partial charge in [-0.1, -0.05) is 6.07 Å². The van der Waals surface area contributed by atoms with E-state index in [0.717, 1.165) is 80.9 Å². The normalized spacial score (nSPS) is 19.0. The second-order valence-corrected chi connectivity index (χ2v) is 14.5. The van der Waals surface area contributed by atoms with Crippen LogP contribution in [0.15, 0.2) is 54.6 Å². The number of pyridine rings is 1. The summed E-state index contributed by atoms with van der Waals surface area (Å²) in [5, 5.41) is 2.04. The molecule has 1 saturated heterocycles. The van der Waals surface area contributed by atoms with Gasteiger partial charge >= 0.3 is 5.97 Å². The van der Waals surface area contributed by atoms with Gasteiger partial charge in [0.25, 0.3) is 5.91 Å². The molecule has 4 aromatic heterocycles. The maximum Gasteiger partial charge on any atom is 0.348 e. The first-order valence-electron chi connectivity index (χ1n) is 16.4. The highest BCUT2D eigenvalue weighted by molar-refractivity contribution is 7.20. The fraction of sp³-hybridized carbons (Fsp3) is 0.351. The third-order valence-corrected chi connectivity index (χ3v) is 11.5. The molecule has 2 aromatic carbocycles. The standard InChI is InChI=1S/C37H35N5O4S/c1-40-33-28(14-25(16-30(33)45-2)36(43)41-19-21-6-9-26(41)12-21)39-35(40)29-15-23-7-10-27(38-34(23)42(29)18-20-4-5-20)22-8-11-31-24(13-22)17-32(47-31)37(44)46-3/h7-8,10-11,13-17,20-21,26H,4-6,9,12,18-19H2,1-3H3. The number of piperidine rings is 1. The van der Waals surface area contributed by atoms with Crippen molar-refractivity contribution in [3.8, 4) is 28.5 Å². The Morgan fingerprint density at radius 3 is 2.57 bits per heavy atom. The maximum atomic E-state index is 13.7. The Morgan fingerprint density at radius 2 is 1.83 bits per heavy atom. The fourth-order valence-electron chi connectivity index (χ4n) is 7.78. The number of fused-ring (bicyclic) bond motifs is 5. The molecule has 3 fully saturated rings. The van der Waals surface area contributed by atoms with Crippen LogP contribution in [-0.2, 0) is 18.3 Å². The molecule has 2 saturated carbocycles. The predicted octanol–water partition coefficient (Wildman–Crippen LogP) is 7.30. The molecule has 238 valence electrons. The van der Waals surface area contributed by atoms with Crippen LogP contribution in [0.5, 0.6) is 5.75 Å². The molecule has 0 spiro atoms. The van der Waals surface area contributed by atoms with Crippen LogP contribution in [0.2, 0.25) is 0 Å². The van der Waals surface area contributed by atoms with Gasteiger partial charge in [0, 0.05) is 47.4 Å². The molecule has 9 nitrogen and oxygen atoms in total. The molecule has 2 bridgehead atoms. The summed E-state index contributed by atoms with van der Waals surface area (Å²) in [7, 11) is 5.08. The van der Waals surface area contributed by atoms with Crippen molar-refractivity contribution >= 4 is 55.4 Å². The largest absolute Gasteiger partial charge is 0.494 e. The fourth-order valence-corrected chi connectivity index (χ4v) is 8.74. The number of thiophene rings is 1. The SMILES string of the molecule is COC(=O)c1cc2cc(-c3ccc4cc(-c5nc6cc(C(=O)N7CC8CCC7C8)cc(OC)c6n5C)n(CC5CC5)c4n3)ccc2s1. The Kier molecular flexibility index (Phi) is 6.47. The van der Waals surface area contributed by atoms with E-state index in [1.807, 2.05) is 31.3 Å². The van der Waals surface area contributed by atoms with Crippen molar-refractivity contribution in [2.75, 3.05) is 20.8 Å². The monoisotopic (exact) mass is 645 g/mol. The van der Waals surface area contributed by atoms with Crippen molar-refractivity contribution in [3.63, 3.8) is 0 Å². The number of likely N-dealkylation sites (tertiary alicyclic amines) is 1. The average Bonchev–Trinajstić information content (AvgIpc) is 3.50. The topological polar surface area (TPSA) is 91.5 Å². The number of aromatic nitrogens is 4. The van der Waals surface area contributed by atoms with Gasteiger partial charge in [-0.2, -0.15) is 0 Å². The Morgan fingerprint density at radius 1 is 0.957 bits per heavy atom. The summed E-state index contributed by atoms with van der Waals surface area (Å²) in [6.07, 6.45) is 5.86. The first kappa shape index (κ1) is 28.5. The Hall–Kier alpha value is -4.70. The lowest BCUT2D eigenvalue weighted by atomic mass is 10.1. The van der Waals surface area contributed by atoms with Crippen LogP contribution >= 0.6 is 11.3 Å². The molecular weight excluding hydrogens is 611 g/mol. The summed E-state index contributed by atoms with van der Waals surface area (Å²) >= 11 is 1.43. The molecule has 2 aliphatic carbocycles. The molecule has 9 rings (SSSR count). The van der Waals surface area contributed by atoms with Crippen LogP contribution in [0.1, 0.15) is 52.1 Å². The van der Waals surface area contributed by atoms with E-state index in [2.05, 4.69) is 44.4 Å². The van der Waals surface area contributed by atoms with Gasteiger partial charge in [-0.05, 0) is 97.9 Å². The number of carbonyl (C=O) groups is 2. The number of methoxy groups -OCH3 is 2. The van der Waals surface area contributed by atoms with Gasteiger partial charge in [0.15, 0.2) is 5.82 Å². The van der Waals surface area contributed by atoms with Crippen molar-refractivity contribution in [1.82, 2.24) is 24.0 Å². The van der Waals surface area contributed by atoms with Crippen LogP contribution in [0.4, 0.5) is 0 Å². The van der Waals surface area contributed by atoms with Gasteiger partial charge in [0.05, 0.1) is 31.1 Å². The number of hydrogen-bond donors (Lipinski definition) is 0. The molecule has 2 unspecified atom stereocenters. The van der Waals surface area contributed by atoms with Gasteiger partial charge in [0.2, 0.25) is 0 Å². The summed E-state index contributed by atoms with van der Waals surface area (Å²) in [6, 6.07) is 18.6. The number of nitrogens with zero attached hydrogens (tertiary/aromatic N) is 5. The third-order valence-electron chi connectivity index (χ3n) is 10.4. The van der Waals surface area contributed by atoms with Crippen molar-refractivity contribution in [2.24, 2.45) is 18.9 Å². The molecule has 0 radical (unpaired) electrons. The quantitative estimate of drug-likeness (QED) is 0.169. The molecule has 6 aromatic rings. The predicted molar refractivity (Wildman–Crippen MR) is 183 cm³/mol. The van der Waals surface area contributed by atoms with Crippen LogP contribution in [0.3, 0.4) is 0 Å². The minimum absolute atomic E-state index is 0.0753. The lowest BCUT2D eigenvalue weighted by Gasteiger charge is -2.27. The van der Waals surface area contributed by atoms with Gasteiger partial charge in [-0.15, -0.1) is 11.3 Å². The van der Waals surface area contributed by atoms with Gasteiger partial charge in [-0.3, -0.25) is 4.79 Å². The first-order chi connectivity index (χ1) is 22.9. The van der Waals surface area contributed by atoms with E-state index in [0.29, 0.717) is 34.1 Å². The zero-order chi connectivity index (χ0) is 32.0. The highest BCUT2D eigenvalue weighted by atomic mass is 32.1. The first-order valence-corrected chi connectivity index (χ1v) is 17.2. The van der Waals surface area contributed by atoms with Gasteiger partial charge in [0.1, 0.15) is 21.8 Å². The molecule has 0 N–H and O–H groups in total. The second-order valence-electron chi connectivity index (χ2n) is 13.4. The third kappa shape index (κ3) is 4.64. The number of aryl methyl sites for hydroxylation is 1. The number of rotatable bonds is 7. The van der Waals surface area contributed by atoms with Gasteiger partial charge in [-0.25, -0.2) is 14.8 Å². The molecule has 1 amide bonds. The summed E-state index contributed by atoms with van der Waals surface area (Å²) in [5.41, 5.74) is 6.04. The maximum absolute atomic E-state index is 13.7. The molecule has 5 heterocycles. The van der Waals surface area contributed by atoms with E-state index in [4.69, 9.17) is 19.4 Å². The highest BCUT2D eigenvalue weighted by Crippen LogP contribution is 2.41. The number of esters is 1. The molecular formula is C37H35N5O4S. The van der Waals surface area contributed by atoms with E-state index < -0.39 is 0 Å². The van der Waals surface area contributed by atoms with E-state index in [1.165, 1.54) is 37.7 Å². The lowest BCUT2D eigenvalue weighted by Crippen LogP contribution is -2.37. The number of imidazole rings is 1. The molecule has 47 heavy (non-hydrogen) atoms. The zero-order valence-corrected chi connectivity index (χ0v) is 27.5. The number of benzene rings is 2. The summed E-state index contributed by atoms with van der Waals surface area (Å²) in [6.45, 7) is 1.71. The van der Waals surface area contributed by atoms with E-state index in [-0.39, 0.29) is 11.9 Å². The smallest absolute Gasteiger partial charge is 0.348 e. The number of ether oxygens (including phenoxy) is 2. The Labute approximate surface area is 275 Å². The molecule has 2 atom stereocenters. The van der Waals surface area contributed by atoms with E-state index in [1.54, 1.807) is 7.11 Å². The van der Waals surface area contributed by atoms with Crippen molar-refractivity contribution < 1.29 is 19.1 Å². The minimum Gasteiger partial charge on any atom is -0.494 e. The van der Waals surface area contributed by atoms with E-state index >= 15 is 0 Å². The van der Waals surface area contributed by atoms with Crippen LogP contribution in [-0.4, -0.2) is 62.7 Å². The lowest BCUT2D eigenvalue weighted by molar-refractivity contribution is 0.0605. The Balaban J connectivity index is 1.14. The van der Waals surface area contributed by atoms with Crippen LogP contribution < -0.4 is 4.74 Å². The summed E-state index contributed by atoms with van der Waals surface area (Å²) < 4.78 is 16.2. The van der Waals surface area contributed by atoms with Crippen molar-refractivity contribution in [3.05, 3.63) is 65.0 Å². The molecule has 1 aliphatic heterocycles.